The van der Waals surface area contributed by atoms with Crippen LogP contribution in [0.1, 0.15) is 45.3 Å². The van der Waals surface area contributed by atoms with E-state index in [9.17, 15) is 22.8 Å². The minimum atomic E-state index is -4.51. The first-order chi connectivity index (χ1) is 14.3. The van der Waals surface area contributed by atoms with Crippen LogP contribution >= 0.6 is 0 Å². The number of amides is 2. The van der Waals surface area contributed by atoms with Gasteiger partial charge >= 0.3 is 6.18 Å². The Morgan fingerprint density at radius 2 is 2.13 bits per heavy atom. The first-order valence-electron chi connectivity index (χ1n) is 9.45. The zero-order chi connectivity index (χ0) is 21.7. The Balaban J connectivity index is 1.67. The summed E-state index contributed by atoms with van der Waals surface area (Å²) in [5.74, 6) is -0.852. The van der Waals surface area contributed by atoms with Crippen LogP contribution in [0.2, 0.25) is 0 Å². The molecule has 0 spiro atoms. The van der Waals surface area contributed by atoms with Crippen LogP contribution in [0.5, 0.6) is 0 Å². The first-order valence-corrected chi connectivity index (χ1v) is 9.45. The van der Waals surface area contributed by atoms with Gasteiger partial charge in [-0.3, -0.25) is 9.59 Å². The van der Waals surface area contributed by atoms with Crippen molar-refractivity contribution in [2.75, 3.05) is 33.4 Å². The molecule has 0 radical (unpaired) electrons. The lowest BCUT2D eigenvalue weighted by Crippen LogP contribution is -2.41. The fourth-order valence-corrected chi connectivity index (χ4v) is 3.28. The third-order valence-electron chi connectivity index (χ3n) is 4.83. The molecular weight excluding hydrogens is 403 g/mol. The number of methoxy groups -OCH3 is 1. The van der Waals surface area contributed by atoms with E-state index in [1.54, 1.807) is 0 Å². The molecule has 0 saturated carbocycles. The van der Waals surface area contributed by atoms with E-state index < -0.39 is 17.6 Å². The molecule has 8 nitrogen and oxygen atoms in total. The average Bonchev–Trinajstić information content (AvgIpc) is 3.23. The van der Waals surface area contributed by atoms with E-state index in [0.29, 0.717) is 32.5 Å². The lowest BCUT2D eigenvalue weighted by atomic mass is 10.0. The Hall–Kier alpha value is -2.95. The van der Waals surface area contributed by atoms with Crippen molar-refractivity contribution in [3.05, 3.63) is 47.3 Å². The number of aromatic nitrogens is 3. The van der Waals surface area contributed by atoms with Gasteiger partial charge in [-0.2, -0.15) is 13.2 Å². The molecule has 30 heavy (non-hydrogen) atoms. The van der Waals surface area contributed by atoms with Crippen LogP contribution in [0, 0.1) is 0 Å². The van der Waals surface area contributed by atoms with Gasteiger partial charge in [-0.05, 0) is 31.0 Å². The molecule has 1 fully saturated rings. The van der Waals surface area contributed by atoms with E-state index in [0.717, 1.165) is 12.1 Å². The predicted octanol–water partition coefficient (Wildman–Crippen LogP) is 2.15. The number of rotatable bonds is 6. The van der Waals surface area contributed by atoms with Crippen molar-refractivity contribution in [2.45, 2.75) is 25.1 Å². The summed E-state index contributed by atoms with van der Waals surface area (Å²) in [6.45, 7) is 1.41. The third kappa shape index (κ3) is 5.15. The van der Waals surface area contributed by atoms with Crippen molar-refractivity contribution >= 4 is 11.8 Å². The molecule has 1 aliphatic heterocycles. The minimum absolute atomic E-state index is 0.0118. The number of carbonyl (C=O) groups is 2. The fraction of sp³-hybridized carbons (Fsp3) is 0.474. The zero-order valence-electron chi connectivity index (χ0n) is 16.4. The molecule has 2 heterocycles. The lowest BCUT2D eigenvalue weighted by molar-refractivity contribution is -0.137. The molecule has 1 aromatic carbocycles. The topological polar surface area (TPSA) is 89.4 Å². The number of hydrogen-bond acceptors (Lipinski definition) is 5. The van der Waals surface area contributed by atoms with Gasteiger partial charge in [-0.25, -0.2) is 4.68 Å². The number of ether oxygens (including phenoxy) is 1. The summed E-state index contributed by atoms with van der Waals surface area (Å²) in [4.78, 5) is 26.3. The number of likely N-dealkylation sites (tertiary alicyclic amines) is 1. The number of piperidine rings is 1. The monoisotopic (exact) mass is 425 g/mol. The average molecular weight is 425 g/mol. The molecule has 1 atom stereocenters. The molecule has 11 heteroatoms. The minimum Gasteiger partial charge on any atom is -0.383 e. The van der Waals surface area contributed by atoms with Gasteiger partial charge in [0, 0.05) is 32.3 Å². The number of nitrogens with one attached hydrogen (secondary N) is 1. The third-order valence-corrected chi connectivity index (χ3v) is 4.83. The van der Waals surface area contributed by atoms with Crippen molar-refractivity contribution in [1.29, 1.82) is 0 Å². The highest BCUT2D eigenvalue weighted by molar-refractivity contribution is 5.94. The van der Waals surface area contributed by atoms with Crippen LogP contribution < -0.4 is 5.32 Å². The highest BCUT2D eigenvalue weighted by Crippen LogP contribution is 2.30. The van der Waals surface area contributed by atoms with Crippen molar-refractivity contribution < 1.29 is 27.5 Å². The number of hydrogen-bond donors (Lipinski definition) is 1. The Morgan fingerprint density at radius 3 is 2.87 bits per heavy atom. The Bertz CT molecular complexity index is 900. The van der Waals surface area contributed by atoms with Gasteiger partial charge in [0.2, 0.25) is 0 Å². The predicted molar refractivity (Wildman–Crippen MR) is 99.8 cm³/mol. The summed E-state index contributed by atoms with van der Waals surface area (Å²) in [6.07, 6.45) is -1.64. The number of benzene rings is 1. The van der Waals surface area contributed by atoms with Gasteiger partial charge in [0.25, 0.3) is 11.8 Å². The Labute approximate surface area is 171 Å². The normalized spacial score (nSPS) is 17.1. The summed E-state index contributed by atoms with van der Waals surface area (Å²) >= 11 is 0. The lowest BCUT2D eigenvalue weighted by Gasteiger charge is -2.32. The van der Waals surface area contributed by atoms with E-state index in [1.807, 2.05) is 0 Å². The molecule has 1 aliphatic rings. The maximum Gasteiger partial charge on any atom is 0.416 e. The molecule has 1 N–H and O–H groups in total. The molecule has 0 unspecified atom stereocenters. The molecule has 0 bridgehead atoms. The van der Waals surface area contributed by atoms with Crippen LogP contribution in [-0.2, 0) is 10.9 Å². The summed E-state index contributed by atoms with van der Waals surface area (Å²) in [5.41, 5.74) is -0.725. The second kappa shape index (κ2) is 9.24. The van der Waals surface area contributed by atoms with Crippen LogP contribution in [0.25, 0.3) is 0 Å². The van der Waals surface area contributed by atoms with E-state index in [1.165, 1.54) is 35.0 Å². The van der Waals surface area contributed by atoms with Crippen molar-refractivity contribution in [3.63, 3.8) is 0 Å². The fourth-order valence-electron chi connectivity index (χ4n) is 3.28. The molecule has 3 rings (SSSR count). The largest absolute Gasteiger partial charge is 0.416 e. The van der Waals surface area contributed by atoms with Crippen molar-refractivity contribution in [2.24, 2.45) is 0 Å². The number of alkyl halides is 3. The standard InChI is InChI=1S/C19H22F3N5O3/c1-30-9-7-23-17(28)16-12-27(25-24-16)15-6-3-8-26(11-15)18(29)13-4-2-5-14(10-13)19(20,21)22/h2,4-5,10,12,15H,3,6-9,11H2,1H3,(H,23,28)/t15-/m1/s1. The molecule has 0 aliphatic carbocycles. The first kappa shape index (κ1) is 21.8. The second-order valence-corrected chi connectivity index (χ2v) is 6.96. The van der Waals surface area contributed by atoms with Gasteiger partial charge in [0.05, 0.1) is 24.4 Å². The molecule has 2 amide bonds. The summed E-state index contributed by atoms with van der Waals surface area (Å²) < 4.78 is 45.2. The zero-order valence-corrected chi connectivity index (χ0v) is 16.4. The van der Waals surface area contributed by atoms with Gasteiger partial charge in [-0.15, -0.1) is 5.10 Å². The van der Waals surface area contributed by atoms with E-state index in [2.05, 4.69) is 15.6 Å². The van der Waals surface area contributed by atoms with Gasteiger partial charge in [-0.1, -0.05) is 11.3 Å². The Kier molecular flexibility index (Phi) is 6.70. The highest BCUT2D eigenvalue weighted by Gasteiger charge is 2.32. The molecule has 1 saturated heterocycles. The summed E-state index contributed by atoms with van der Waals surface area (Å²) in [6, 6.07) is 4.18. The second-order valence-electron chi connectivity index (χ2n) is 6.96. The molecule has 1 aromatic heterocycles. The van der Waals surface area contributed by atoms with Gasteiger partial charge in [0.15, 0.2) is 5.69 Å². The van der Waals surface area contributed by atoms with Crippen molar-refractivity contribution in [3.8, 4) is 0 Å². The number of carbonyl (C=O) groups excluding carboxylic acids is 2. The molecule has 2 aromatic rings. The van der Waals surface area contributed by atoms with E-state index in [-0.39, 0.29) is 29.8 Å². The van der Waals surface area contributed by atoms with Crippen LogP contribution in [0.4, 0.5) is 13.2 Å². The quantitative estimate of drug-likeness (QED) is 0.717. The Morgan fingerprint density at radius 1 is 1.33 bits per heavy atom. The maximum atomic E-state index is 12.9. The van der Waals surface area contributed by atoms with Crippen LogP contribution in [-0.4, -0.2) is 65.1 Å². The smallest absolute Gasteiger partial charge is 0.383 e. The summed E-state index contributed by atoms with van der Waals surface area (Å²) in [5, 5.41) is 10.5. The van der Waals surface area contributed by atoms with Crippen molar-refractivity contribution in [1.82, 2.24) is 25.2 Å². The van der Waals surface area contributed by atoms with Crippen LogP contribution in [0.3, 0.4) is 0 Å². The van der Waals surface area contributed by atoms with E-state index >= 15 is 0 Å². The number of halogens is 3. The highest BCUT2D eigenvalue weighted by atomic mass is 19.4. The molecular formula is C19H22F3N5O3. The van der Waals surface area contributed by atoms with Gasteiger partial charge in [0.1, 0.15) is 0 Å². The molecule has 162 valence electrons. The maximum absolute atomic E-state index is 12.9. The van der Waals surface area contributed by atoms with E-state index in [4.69, 9.17) is 4.74 Å². The summed E-state index contributed by atoms with van der Waals surface area (Å²) in [7, 11) is 1.53. The van der Waals surface area contributed by atoms with Gasteiger partial charge < -0.3 is 15.0 Å². The SMILES string of the molecule is COCCNC(=O)c1cn([C@@H]2CCCN(C(=O)c3cccc(C(F)(F)F)c3)C2)nn1. The number of nitrogens with zero attached hydrogens (tertiary/aromatic N) is 4. The van der Waals surface area contributed by atoms with Crippen LogP contribution in [0.15, 0.2) is 30.5 Å².